The fraction of sp³-hybridized carbons (Fsp3) is 0.467. The molecule has 1 N–H and O–H groups in total. The number of fused-ring (bicyclic) bond motifs is 1. The van der Waals surface area contributed by atoms with Gasteiger partial charge < -0.3 is 9.47 Å². The Kier molecular flexibility index (Phi) is 4.79. The van der Waals surface area contributed by atoms with E-state index in [1.807, 2.05) is 18.2 Å². The van der Waals surface area contributed by atoms with Crippen LogP contribution in [0.1, 0.15) is 12.5 Å². The van der Waals surface area contributed by atoms with Crippen LogP contribution in [0.4, 0.5) is 0 Å². The fourth-order valence-corrected chi connectivity index (χ4v) is 2.67. The van der Waals surface area contributed by atoms with Crippen LogP contribution in [0.2, 0.25) is 25.7 Å². The lowest BCUT2D eigenvalue weighted by atomic mass is 10.2. The summed E-state index contributed by atoms with van der Waals surface area (Å²) in [6, 6.07) is 7.01. The second-order valence-corrected chi connectivity index (χ2v) is 12.0. The maximum absolute atomic E-state index is 11.0. The summed E-state index contributed by atoms with van der Waals surface area (Å²) in [5.41, 5.74) is 1.92. The van der Waals surface area contributed by atoms with Gasteiger partial charge in [0, 0.05) is 21.6 Å². The minimum Gasteiger partial charge on any atom is -0.405 e. The predicted octanol–water partition coefficient (Wildman–Crippen LogP) is 3.34. The number of esters is 1. The Hall–Kier alpha value is -1.66. The summed E-state index contributed by atoms with van der Waals surface area (Å²) in [6.45, 7) is 9.76. The number of H-pyrrole nitrogens is 1. The van der Waals surface area contributed by atoms with E-state index < -0.39 is 8.07 Å². The Balaban J connectivity index is 1.98. The molecule has 2 aromatic rings. The Morgan fingerprint density at radius 2 is 2.10 bits per heavy atom. The van der Waals surface area contributed by atoms with Gasteiger partial charge in [0.15, 0.2) is 0 Å². The number of nitrogens with zero attached hydrogens (tertiary/aromatic N) is 1. The first-order valence-electron chi connectivity index (χ1n) is 7.08. The van der Waals surface area contributed by atoms with Crippen LogP contribution >= 0.6 is 0 Å². The van der Waals surface area contributed by atoms with E-state index in [1.54, 1.807) is 0 Å². The van der Waals surface area contributed by atoms with Crippen LogP contribution in [-0.4, -0.2) is 30.8 Å². The normalized spacial score (nSPS) is 11.8. The summed E-state index contributed by atoms with van der Waals surface area (Å²) in [5.74, 6) is -0.0501. The number of aromatic amines is 1. The molecular formula is C15H22N2O3Si. The molecule has 0 bridgehead atoms. The molecule has 0 aliphatic carbocycles. The van der Waals surface area contributed by atoms with Crippen LogP contribution in [0.5, 0.6) is 5.88 Å². The third-order valence-electron chi connectivity index (χ3n) is 3.10. The van der Waals surface area contributed by atoms with Crippen molar-refractivity contribution in [1.82, 2.24) is 10.2 Å². The van der Waals surface area contributed by atoms with E-state index in [0.717, 1.165) is 29.1 Å². The molecule has 0 unspecified atom stereocenters. The van der Waals surface area contributed by atoms with Gasteiger partial charge in [0.1, 0.15) is 0 Å². The molecule has 0 aliphatic rings. The molecule has 1 aromatic carbocycles. The van der Waals surface area contributed by atoms with Gasteiger partial charge in [-0.2, -0.15) is 0 Å². The van der Waals surface area contributed by atoms with Crippen molar-refractivity contribution in [2.75, 3.05) is 6.61 Å². The molecule has 0 spiro atoms. The predicted molar refractivity (Wildman–Crippen MR) is 85.2 cm³/mol. The van der Waals surface area contributed by atoms with Crippen molar-refractivity contribution in [2.45, 2.75) is 39.2 Å². The van der Waals surface area contributed by atoms with Crippen molar-refractivity contribution >= 4 is 24.9 Å². The quantitative estimate of drug-likeness (QED) is 0.505. The molecule has 114 valence electrons. The molecule has 0 saturated heterocycles. The van der Waals surface area contributed by atoms with Crippen LogP contribution in [-0.2, 0) is 16.1 Å². The standard InChI is InChI=1S/C15H22N2O3Si/c1-11(18)20-15-13-6-5-12(9-14(13)16-17-15)10-19-7-8-21(2,3)4/h5-6,9H,7-8,10H2,1-4H3,(H,16,17). The molecule has 0 aliphatic heterocycles. The number of nitrogens with one attached hydrogen (secondary N) is 1. The zero-order valence-corrected chi connectivity index (χ0v) is 14.0. The third kappa shape index (κ3) is 4.68. The Morgan fingerprint density at radius 1 is 1.33 bits per heavy atom. The summed E-state index contributed by atoms with van der Waals surface area (Å²) in [5, 5.41) is 7.68. The Labute approximate surface area is 125 Å². The van der Waals surface area contributed by atoms with Gasteiger partial charge in [0.05, 0.1) is 17.5 Å². The van der Waals surface area contributed by atoms with Crippen molar-refractivity contribution in [1.29, 1.82) is 0 Å². The van der Waals surface area contributed by atoms with Crippen molar-refractivity contribution in [3.8, 4) is 5.88 Å². The summed E-state index contributed by atoms with van der Waals surface area (Å²) in [7, 11) is -1.04. The maximum Gasteiger partial charge on any atom is 0.309 e. The lowest BCUT2D eigenvalue weighted by molar-refractivity contribution is -0.132. The molecule has 0 radical (unpaired) electrons. The highest BCUT2D eigenvalue weighted by Crippen LogP contribution is 2.24. The monoisotopic (exact) mass is 306 g/mol. The minimum atomic E-state index is -1.04. The van der Waals surface area contributed by atoms with Gasteiger partial charge in [-0.25, -0.2) is 0 Å². The zero-order chi connectivity index (χ0) is 15.5. The lowest BCUT2D eigenvalue weighted by Gasteiger charge is -2.15. The summed E-state index contributed by atoms with van der Waals surface area (Å²) < 4.78 is 10.8. The van der Waals surface area contributed by atoms with Crippen LogP contribution in [0.15, 0.2) is 18.2 Å². The number of aromatic nitrogens is 2. The fourth-order valence-electron chi connectivity index (χ4n) is 1.91. The third-order valence-corrected chi connectivity index (χ3v) is 4.80. The number of benzene rings is 1. The average Bonchev–Trinajstić information content (AvgIpc) is 2.75. The van der Waals surface area contributed by atoms with Gasteiger partial charge in [-0.15, -0.1) is 5.10 Å². The first kappa shape index (κ1) is 15.7. The highest BCUT2D eigenvalue weighted by molar-refractivity contribution is 6.76. The average molecular weight is 306 g/mol. The first-order valence-corrected chi connectivity index (χ1v) is 10.8. The molecule has 2 rings (SSSR count). The highest BCUT2D eigenvalue weighted by atomic mass is 28.3. The van der Waals surface area contributed by atoms with Crippen molar-refractivity contribution < 1.29 is 14.3 Å². The molecule has 0 atom stereocenters. The summed E-state index contributed by atoms with van der Waals surface area (Å²) in [4.78, 5) is 11.0. The van der Waals surface area contributed by atoms with E-state index in [1.165, 1.54) is 6.92 Å². The van der Waals surface area contributed by atoms with Crippen LogP contribution in [0.3, 0.4) is 0 Å². The number of hydrogen-bond acceptors (Lipinski definition) is 4. The number of ether oxygens (including phenoxy) is 2. The van der Waals surface area contributed by atoms with Crippen LogP contribution < -0.4 is 4.74 Å². The van der Waals surface area contributed by atoms with Crippen molar-refractivity contribution in [3.05, 3.63) is 23.8 Å². The SMILES string of the molecule is CC(=O)Oc1n[nH]c2cc(COCC[Si](C)(C)C)ccc12. The lowest BCUT2D eigenvalue weighted by Crippen LogP contribution is -2.21. The Bertz CT molecular complexity index is 631. The molecule has 0 fully saturated rings. The van der Waals surface area contributed by atoms with Gasteiger partial charge in [0.25, 0.3) is 0 Å². The smallest absolute Gasteiger partial charge is 0.309 e. The van der Waals surface area contributed by atoms with E-state index >= 15 is 0 Å². The molecule has 21 heavy (non-hydrogen) atoms. The van der Waals surface area contributed by atoms with Crippen molar-refractivity contribution in [3.63, 3.8) is 0 Å². The molecular weight excluding hydrogens is 284 g/mol. The van der Waals surface area contributed by atoms with Gasteiger partial charge in [-0.05, 0) is 23.7 Å². The first-order chi connectivity index (χ1) is 9.85. The zero-order valence-electron chi connectivity index (χ0n) is 13.0. The summed E-state index contributed by atoms with van der Waals surface area (Å²) >= 11 is 0. The molecule has 1 heterocycles. The highest BCUT2D eigenvalue weighted by Gasteiger charge is 2.12. The van der Waals surface area contributed by atoms with E-state index in [0.29, 0.717) is 12.5 Å². The molecule has 0 saturated carbocycles. The second kappa shape index (κ2) is 6.40. The van der Waals surface area contributed by atoms with Crippen LogP contribution in [0.25, 0.3) is 10.9 Å². The molecule has 0 amide bonds. The molecule has 6 heteroatoms. The minimum absolute atomic E-state index is 0.323. The number of rotatable bonds is 6. The maximum atomic E-state index is 11.0. The number of carbonyl (C=O) groups excluding carboxylic acids is 1. The van der Waals surface area contributed by atoms with E-state index in [9.17, 15) is 4.79 Å². The number of carbonyl (C=O) groups is 1. The summed E-state index contributed by atoms with van der Waals surface area (Å²) in [6.07, 6.45) is 0. The topological polar surface area (TPSA) is 64.2 Å². The van der Waals surface area contributed by atoms with Gasteiger partial charge in [-0.3, -0.25) is 9.89 Å². The molecule has 1 aromatic heterocycles. The van der Waals surface area contributed by atoms with Gasteiger partial charge in [0.2, 0.25) is 5.88 Å². The van der Waals surface area contributed by atoms with E-state index in [4.69, 9.17) is 9.47 Å². The van der Waals surface area contributed by atoms with Crippen molar-refractivity contribution in [2.24, 2.45) is 0 Å². The second-order valence-electron chi connectivity index (χ2n) is 6.37. The van der Waals surface area contributed by atoms with Gasteiger partial charge in [-0.1, -0.05) is 25.7 Å². The largest absolute Gasteiger partial charge is 0.405 e. The molecule has 5 nitrogen and oxygen atoms in total. The Morgan fingerprint density at radius 3 is 2.76 bits per heavy atom. The number of hydrogen-bond donors (Lipinski definition) is 1. The van der Waals surface area contributed by atoms with Crippen LogP contribution in [0, 0.1) is 0 Å². The van der Waals surface area contributed by atoms with Gasteiger partial charge >= 0.3 is 5.97 Å². The van der Waals surface area contributed by atoms with E-state index in [2.05, 4.69) is 29.8 Å². The van der Waals surface area contributed by atoms with E-state index in [-0.39, 0.29) is 5.97 Å².